The van der Waals surface area contributed by atoms with Crippen molar-refractivity contribution in [3.8, 4) is 11.5 Å². The average Bonchev–Trinajstić information content (AvgIpc) is 3.02. The number of ether oxygens (including phenoxy) is 1. The number of thiocarbonyl (C=S) groups is 1. The van der Waals surface area contributed by atoms with Crippen molar-refractivity contribution in [2.75, 3.05) is 17.6 Å². The van der Waals surface area contributed by atoms with Crippen LogP contribution in [0.2, 0.25) is 0 Å². The van der Waals surface area contributed by atoms with E-state index in [9.17, 15) is 9.90 Å². The van der Waals surface area contributed by atoms with Gasteiger partial charge in [0.05, 0.1) is 0 Å². The third kappa shape index (κ3) is 10.7. The summed E-state index contributed by atoms with van der Waals surface area (Å²) in [4.78, 5) is 12.0. The van der Waals surface area contributed by atoms with Gasteiger partial charge in [0, 0.05) is 35.2 Å². The molecule has 19 heteroatoms. The van der Waals surface area contributed by atoms with E-state index in [-0.39, 0.29) is 23.4 Å². The van der Waals surface area contributed by atoms with E-state index >= 15 is 0 Å². The number of phenols is 1. The minimum atomic E-state index is -0.924. The van der Waals surface area contributed by atoms with E-state index in [0.29, 0.717) is 35.2 Å². The monoisotopic (exact) mass is 638 g/mol. The van der Waals surface area contributed by atoms with Crippen LogP contribution in [0, 0.1) is 5.92 Å². The summed E-state index contributed by atoms with van der Waals surface area (Å²) in [5.74, 6) is 2.91. The van der Waals surface area contributed by atoms with Crippen molar-refractivity contribution < 1.29 is 14.6 Å². The Bertz CT molecular complexity index is 1580. The molecule has 1 aliphatic heterocycles. The molecule has 231 valence electrons. The van der Waals surface area contributed by atoms with Gasteiger partial charge in [-0.2, -0.15) is 0 Å². The quantitative estimate of drug-likeness (QED) is 0.130. The molecule has 1 heterocycles. The molecule has 3 N–H and O–H groups in total. The first-order chi connectivity index (χ1) is 22.5. The molecule has 2 aromatic rings. The first-order valence-electron chi connectivity index (χ1n) is 17.3. The number of anilines is 1. The Morgan fingerprint density at radius 3 is 2.32 bits per heavy atom. The summed E-state index contributed by atoms with van der Waals surface area (Å²) < 4.78 is 6.03. The van der Waals surface area contributed by atoms with Gasteiger partial charge in [0.15, 0.2) is 5.78 Å². The zero-order valence-electron chi connectivity index (χ0n) is 28.8. The second-order valence-electron chi connectivity index (χ2n) is 13.7. The predicted molar refractivity (Wildman–Crippen MR) is 232 cm³/mol. The van der Waals surface area contributed by atoms with Crippen molar-refractivity contribution in [1.29, 1.82) is 0 Å². The second-order valence-corrected chi connectivity index (χ2v) is 17.7. The number of benzene rings is 2. The number of hydrogen-bond donors (Lipinski definition) is 3. The molecule has 47 heavy (non-hydrogen) atoms. The van der Waals surface area contributed by atoms with Crippen LogP contribution >= 0.6 is 21.0 Å². The number of hydrogen-bond acceptors (Lipinski definition) is 4. The summed E-state index contributed by atoms with van der Waals surface area (Å²) in [7, 11) is 17.6. The van der Waals surface area contributed by atoms with Crippen molar-refractivity contribution in [3.63, 3.8) is 0 Å². The molecule has 1 aliphatic carbocycles. The van der Waals surface area contributed by atoms with E-state index in [0.717, 1.165) is 36.8 Å². The summed E-state index contributed by atoms with van der Waals surface area (Å²) in [5, 5.41) is 17.3. The molecule has 3 radical (unpaired) electrons. The van der Waals surface area contributed by atoms with Crippen LogP contribution in [0.5, 0.6) is 11.5 Å². The molecule has 0 saturated heterocycles. The minimum Gasteiger partial charge on any atom is -0.508 e. The third-order valence-electron chi connectivity index (χ3n) is 8.87. The molecule has 0 amide bonds. The van der Waals surface area contributed by atoms with Gasteiger partial charge in [0.25, 0.3) is 0 Å². The van der Waals surface area contributed by atoms with Crippen molar-refractivity contribution >= 4 is 122 Å². The van der Waals surface area contributed by atoms with Crippen LogP contribution < -0.4 is 15.4 Å². The molecule has 2 aliphatic rings. The second kappa shape index (κ2) is 18.1. The van der Waals surface area contributed by atoms with Crippen LogP contribution in [0.25, 0.3) is 0 Å². The van der Waals surface area contributed by atoms with Gasteiger partial charge in [0.1, 0.15) is 17.3 Å². The van der Waals surface area contributed by atoms with E-state index in [2.05, 4.69) is 73.5 Å². The van der Waals surface area contributed by atoms with E-state index in [1.165, 1.54) is 37.9 Å². The van der Waals surface area contributed by atoms with E-state index in [1.54, 1.807) is 24.3 Å². The van der Waals surface area contributed by atoms with Crippen molar-refractivity contribution in [3.05, 3.63) is 77.6 Å². The van der Waals surface area contributed by atoms with Crippen LogP contribution in [0.3, 0.4) is 0 Å². The molecular weight excluding hydrogens is 597 g/mol. The maximum absolute atomic E-state index is 12.0. The zero-order valence-corrected chi connectivity index (χ0v) is 30.5. The Morgan fingerprint density at radius 1 is 1.00 bits per heavy atom. The van der Waals surface area contributed by atoms with Crippen molar-refractivity contribution in [2.24, 2.45) is 5.92 Å². The van der Waals surface area contributed by atoms with Crippen LogP contribution in [-0.4, -0.2) is 112 Å². The fourth-order valence-electron chi connectivity index (χ4n) is 6.71. The molecule has 0 spiro atoms. The number of rotatable bonds is 15. The summed E-state index contributed by atoms with van der Waals surface area (Å²) in [6.07, 6.45) is 13.6. The van der Waals surface area contributed by atoms with E-state index in [4.69, 9.17) is 24.7 Å². The predicted octanol–water partition coefficient (Wildman–Crippen LogP) is -1.13. The van der Waals surface area contributed by atoms with Gasteiger partial charge >= 0.3 is 172 Å². The number of ketones is 1. The maximum atomic E-state index is 12.0. The molecule has 2 aromatic carbocycles. The van der Waals surface area contributed by atoms with Gasteiger partial charge in [-0.15, -0.1) is 0 Å². The fourth-order valence-corrected chi connectivity index (χ4v) is 11.3. The van der Waals surface area contributed by atoms with Gasteiger partial charge in [0.2, 0.25) is 0 Å². The molecule has 0 bridgehead atoms. The first kappa shape index (κ1) is 37.8. The van der Waals surface area contributed by atoms with Crippen LogP contribution in [0.1, 0.15) is 55.6 Å². The Kier molecular flexibility index (Phi) is 14.6. The molecular formula is C28H42B12N2O3S2-. The summed E-state index contributed by atoms with van der Waals surface area (Å²) in [6.45, 7) is 0.853. The Balaban J connectivity index is 1.21. The number of phenolic OH excluding ortho intramolecular Hbond substituents is 1. The van der Waals surface area contributed by atoms with Crippen LogP contribution in [-0.2, 0) is 4.79 Å². The molecule has 4 rings (SSSR count). The molecule has 2 unspecified atom stereocenters. The van der Waals surface area contributed by atoms with Gasteiger partial charge in [-0.25, -0.2) is 0 Å². The zero-order chi connectivity index (χ0) is 34.0. The number of nitrogens with one attached hydrogen (secondary N) is 2. The molecule has 5 nitrogen and oxygen atoms in total. The number of carbonyl (C=O) groups excluding carboxylic acids is 1. The average molecular weight is 639 g/mol. The Hall–Kier alpha value is -1.99. The standard InChI is InChI=1S/C28H42B12N2O3S2/c29-35-40(34)47(36-38(30)31,37-39(32)33)16-6-4-2-1-3-5-15-41-28(46)42-20-9-7-19(8-10-20)27-23-13-11-21(43)17-25(23)45-26-18-22(44)12-14-24(26)27/h7-14,17-18,23,27,35,44H,1-6,15-16,30-34H2,(H2,41,42,46)/q-1/i29-1,30-1,31-1,32-1,33-1,34-1,35-1,36-1,37-1,38-1,39-1,40-1. The van der Waals surface area contributed by atoms with Crippen LogP contribution in [0.15, 0.2) is 66.5 Å². The van der Waals surface area contributed by atoms with E-state index in [1.807, 2.05) is 24.3 Å². The van der Waals surface area contributed by atoms with Crippen molar-refractivity contribution in [2.45, 2.75) is 44.4 Å². The number of allylic oxidation sites excluding steroid dienone is 3. The normalized spacial score (nSPS) is 16.3. The SMILES string of the molecule is [10B-][10BH][10B]([10BH2])S(=[10B][10B]([10BH2])[10BH2])(=[10B][10B]([10BH2])[10BH2])CCCCCCCCNC(=S)Nc1ccc(C2c3ccc(O)cc3OC3=CC(=O)C=CC32)cc1. The molecule has 0 aromatic heterocycles. The van der Waals surface area contributed by atoms with Gasteiger partial charge < -0.3 is 9.84 Å². The van der Waals surface area contributed by atoms with Gasteiger partial charge in [-0.05, 0) is 29.8 Å². The van der Waals surface area contributed by atoms with Crippen LogP contribution in [0.4, 0.5) is 5.69 Å². The summed E-state index contributed by atoms with van der Waals surface area (Å²) in [6, 6.07) is 18.7. The third-order valence-corrected chi connectivity index (χ3v) is 13.9. The van der Waals surface area contributed by atoms with E-state index < -0.39 is 8.73 Å². The van der Waals surface area contributed by atoms with Gasteiger partial charge in [-0.3, -0.25) is 4.79 Å². The summed E-state index contributed by atoms with van der Waals surface area (Å²) >= 11 is 5.58. The number of fused-ring (bicyclic) bond motifs is 2. The Labute approximate surface area is 297 Å². The fraction of sp³-hybridized carbons (Fsp3) is 0.357. The molecule has 0 fully saturated rings. The molecule has 2 atom stereocenters. The Morgan fingerprint density at radius 2 is 1.66 bits per heavy atom. The first-order valence-corrected chi connectivity index (χ1v) is 19.7. The topological polar surface area (TPSA) is 70.6 Å². The summed E-state index contributed by atoms with van der Waals surface area (Å²) in [5.41, 5.74) is 2.99. The van der Waals surface area contributed by atoms with Gasteiger partial charge in [-0.1, -0.05) is 24.3 Å². The number of unbranched alkanes of at least 4 members (excludes halogenated alkanes) is 5. The minimum absolute atomic E-state index is 0.0379. The smallest absolute Gasteiger partial charge is 0.508 e. The van der Waals surface area contributed by atoms with Crippen molar-refractivity contribution in [1.82, 2.24) is 5.32 Å². The number of aromatic hydroxyl groups is 1. The number of carbonyl (C=O) groups is 1. The molecule has 0 saturated carbocycles.